The maximum absolute atomic E-state index is 12.0. The first-order valence-corrected chi connectivity index (χ1v) is 8.72. The van der Waals surface area contributed by atoms with Crippen LogP contribution in [0.2, 0.25) is 5.02 Å². The van der Waals surface area contributed by atoms with Gasteiger partial charge in [-0.05, 0) is 42.5 Å². The number of nitrogens with two attached hydrogens (primary N) is 1. The minimum Gasteiger partial charge on any atom is -0.423 e. The van der Waals surface area contributed by atoms with Crippen molar-refractivity contribution < 1.29 is 9.21 Å². The molecule has 27 heavy (non-hydrogen) atoms. The minimum absolute atomic E-state index is 0.131. The Balaban J connectivity index is 1.55. The maximum Gasteiger partial charge on any atom is 0.299 e. The number of rotatable bonds is 5. The van der Waals surface area contributed by atoms with E-state index in [9.17, 15) is 4.79 Å². The second-order valence-corrected chi connectivity index (χ2v) is 6.36. The van der Waals surface area contributed by atoms with Gasteiger partial charge in [-0.15, -0.1) is 0 Å². The lowest BCUT2D eigenvalue weighted by Gasteiger charge is -2.04. The lowest BCUT2D eigenvalue weighted by atomic mass is 10.2. The summed E-state index contributed by atoms with van der Waals surface area (Å²) >= 11 is 5.91. The molecule has 0 aliphatic rings. The van der Waals surface area contributed by atoms with Crippen molar-refractivity contribution in [1.82, 2.24) is 14.8 Å². The van der Waals surface area contributed by atoms with Crippen molar-refractivity contribution in [2.45, 2.75) is 6.42 Å². The van der Waals surface area contributed by atoms with Gasteiger partial charge in [-0.3, -0.25) is 4.79 Å². The molecule has 0 amide bonds. The summed E-state index contributed by atoms with van der Waals surface area (Å²) in [5.41, 5.74) is 7.84. The molecule has 4 rings (SSSR count). The molecule has 0 unspecified atom stereocenters. The summed E-state index contributed by atoms with van der Waals surface area (Å²) in [7, 11) is 0. The molecule has 0 atom stereocenters. The predicted molar refractivity (Wildman–Crippen MR) is 104 cm³/mol. The normalized spacial score (nSPS) is 11.0. The van der Waals surface area contributed by atoms with Gasteiger partial charge in [0.1, 0.15) is 0 Å². The van der Waals surface area contributed by atoms with Crippen LogP contribution in [0.4, 0.5) is 11.7 Å². The van der Waals surface area contributed by atoms with Crippen LogP contribution in [0.5, 0.6) is 0 Å². The van der Waals surface area contributed by atoms with Gasteiger partial charge in [0.05, 0.1) is 17.9 Å². The Morgan fingerprint density at radius 1 is 1.19 bits per heavy atom. The quantitative estimate of drug-likeness (QED) is 0.540. The fourth-order valence-electron chi connectivity index (χ4n) is 2.74. The molecule has 2 aromatic carbocycles. The second-order valence-electron chi connectivity index (χ2n) is 5.92. The Bertz CT molecular complexity index is 1100. The molecule has 0 saturated carbocycles. The summed E-state index contributed by atoms with van der Waals surface area (Å²) in [5.74, 6) is 0.504. The summed E-state index contributed by atoms with van der Waals surface area (Å²) in [6, 6.07) is 13.2. The molecule has 7 nitrogen and oxygen atoms in total. The first kappa shape index (κ1) is 17.3. The van der Waals surface area contributed by atoms with E-state index >= 15 is 0 Å². The lowest BCUT2D eigenvalue weighted by molar-refractivity contribution is 0.0896. The van der Waals surface area contributed by atoms with E-state index in [2.05, 4.69) is 15.4 Å². The van der Waals surface area contributed by atoms with E-state index in [-0.39, 0.29) is 12.3 Å². The van der Waals surface area contributed by atoms with Crippen molar-refractivity contribution >= 4 is 40.1 Å². The van der Waals surface area contributed by atoms with E-state index in [1.54, 1.807) is 24.5 Å². The van der Waals surface area contributed by atoms with Gasteiger partial charge in [0.25, 0.3) is 6.01 Å². The number of anilines is 2. The number of halogens is 1. The molecule has 0 spiro atoms. The summed E-state index contributed by atoms with van der Waals surface area (Å²) in [6.07, 6.45) is 3.54. The first-order chi connectivity index (χ1) is 13.1. The van der Waals surface area contributed by atoms with Crippen molar-refractivity contribution in [3.8, 4) is 11.3 Å². The number of oxazole rings is 1. The molecule has 0 aliphatic heterocycles. The highest BCUT2D eigenvalue weighted by molar-refractivity contribution is 6.30. The highest BCUT2D eigenvalue weighted by atomic mass is 35.5. The fraction of sp³-hybridized carbons (Fsp3) is 0.105. The van der Waals surface area contributed by atoms with E-state index in [0.29, 0.717) is 23.3 Å². The van der Waals surface area contributed by atoms with Gasteiger partial charge in [0, 0.05) is 34.6 Å². The van der Waals surface area contributed by atoms with Crippen LogP contribution in [0.25, 0.3) is 22.2 Å². The van der Waals surface area contributed by atoms with Crippen LogP contribution in [0.3, 0.4) is 0 Å². The van der Waals surface area contributed by atoms with Crippen LogP contribution >= 0.6 is 11.6 Å². The largest absolute Gasteiger partial charge is 0.423 e. The van der Waals surface area contributed by atoms with Crippen LogP contribution in [-0.4, -0.2) is 27.2 Å². The number of carbonyl (C=O) groups is 1. The second kappa shape index (κ2) is 7.22. The zero-order valence-electron chi connectivity index (χ0n) is 14.2. The molecule has 2 heterocycles. The summed E-state index contributed by atoms with van der Waals surface area (Å²) < 4.78 is 7.12. The average molecular weight is 382 g/mol. The molecule has 8 heteroatoms. The SMILES string of the molecule is NCCC(=O)n1ncc2cc(Nc3ncc(-c4ccc(Cl)cc4)o3)ccc21. The first-order valence-electron chi connectivity index (χ1n) is 8.34. The number of benzene rings is 2. The molecular weight excluding hydrogens is 366 g/mol. The molecular formula is C19H16ClN5O2. The van der Waals surface area contributed by atoms with Crippen molar-refractivity contribution in [2.75, 3.05) is 11.9 Å². The van der Waals surface area contributed by atoms with Gasteiger partial charge in [-0.1, -0.05) is 11.6 Å². The van der Waals surface area contributed by atoms with Crippen molar-refractivity contribution in [3.63, 3.8) is 0 Å². The topological polar surface area (TPSA) is 99.0 Å². The zero-order chi connectivity index (χ0) is 18.8. The standard InChI is InChI=1S/C19H16ClN5O2/c20-14-3-1-12(2-4-14)17-11-22-19(27-17)24-15-5-6-16-13(9-15)10-23-25(16)18(26)7-8-21/h1-6,9-11H,7-8,21H2,(H,22,24). The number of fused-ring (bicyclic) bond motifs is 1. The zero-order valence-corrected chi connectivity index (χ0v) is 15.0. The third-order valence-corrected chi connectivity index (χ3v) is 4.30. The summed E-state index contributed by atoms with van der Waals surface area (Å²) in [6.45, 7) is 0.292. The van der Waals surface area contributed by atoms with E-state index in [4.69, 9.17) is 21.8 Å². The summed E-state index contributed by atoms with van der Waals surface area (Å²) in [4.78, 5) is 16.3. The molecule has 0 saturated heterocycles. The Labute approximate surface area is 159 Å². The third kappa shape index (κ3) is 3.55. The smallest absolute Gasteiger partial charge is 0.299 e. The fourth-order valence-corrected chi connectivity index (χ4v) is 2.87. The van der Waals surface area contributed by atoms with E-state index < -0.39 is 0 Å². The van der Waals surface area contributed by atoms with Crippen molar-refractivity contribution in [3.05, 3.63) is 59.9 Å². The number of carbonyl (C=O) groups excluding carboxylic acids is 1. The molecule has 0 radical (unpaired) electrons. The van der Waals surface area contributed by atoms with Gasteiger partial charge >= 0.3 is 0 Å². The van der Waals surface area contributed by atoms with Crippen LogP contribution in [-0.2, 0) is 0 Å². The molecule has 0 bridgehead atoms. The molecule has 4 aromatic rings. The predicted octanol–water partition coefficient (Wildman–Crippen LogP) is 4.08. The Morgan fingerprint density at radius 3 is 2.78 bits per heavy atom. The number of nitrogens with one attached hydrogen (secondary N) is 1. The van der Waals surface area contributed by atoms with Crippen LogP contribution in [0, 0.1) is 0 Å². The summed E-state index contributed by atoms with van der Waals surface area (Å²) in [5, 5.41) is 8.75. The van der Waals surface area contributed by atoms with E-state index in [0.717, 1.165) is 22.2 Å². The average Bonchev–Trinajstić information content (AvgIpc) is 3.29. The van der Waals surface area contributed by atoms with Crippen molar-refractivity contribution in [1.29, 1.82) is 0 Å². The van der Waals surface area contributed by atoms with Crippen molar-refractivity contribution in [2.24, 2.45) is 5.73 Å². The minimum atomic E-state index is -0.131. The van der Waals surface area contributed by atoms with Gasteiger partial charge in [-0.25, -0.2) is 9.67 Å². The van der Waals surface area contributed by atoms with Gasteiger partial charge < -0.3 is 15.5 Å². The highest BCUT2D eigenvalue weighted by Gasteiger charge is 2.11. The Hall–Kier alpha value is -3.16. The van der Waals surface area contributed by atoms with Crippen LogP contribution in [0.1, 0.15) is 11.2 Å². The Morgan fingerprint density at radius 2 is 2.00 bits per heavy atom. The number of hydrogen-bond donors (Lipinski definition) is 2. The van der Waals surface area contributed by atoms with Gasteiger partial charge in [0.2, 0.25) is 5.91 Å². The van der Waals surface area contributed by atoms with E-state index in [1.807, 2.05) is 30.3 Å². The van der Waals surface area contributed by atoms with Gasteiger partial charge in [0.15, 0.2) is 5.76 Å². The molecule has 3 N–H and O–H groups in total. The lowest BCUT2D eigenvalue weighted by Crippen LogP contribution is -2.16. The van der Waals surface area contributed by atoms with Crippen LogP contribution < -0.4 is 11.1 Å². The van der Waals surface area contributed by atoms with Crippen LogP contribution in [0.15, 0.2) is 59.3 Å². The van der Waals surface area contributed by atoms with E-state index in [1.165, 1.54) is 4.68 Å². The molecule has 136 valence electrons. The highest BCUT2D eigenvalue weighted by Crippen LogP contribution is 2.27. The number of hydrogen-bond acceptors (Lipinski definition) is 6. The molecule has 0 fully saturated rings. The third-order valence-electron chi connectivity index (χ3n) is 4.05. The maximum atomic E-state index is 12.0. The Kier molecular flexibility index (Phi) is 4.62. The van der Waals surface area contributed by atoms with Gasteiger partial charge in [-0.2, -0.15) is 5.10 Å². The monoisotopic (exact) mass is 381 g/mol. The number of nitrogens with zero attached hydrogens (tertiary/aromatic N) is 3. The molecule has 2 aromatic heterocycles. The number of aromatic nitrogens is 3. The molecule has 0 aliphatic carbocycles.